The molecule has 1 atom stereocenters. The molecule has 0 saturated carbocycles. The van der Waals surface area contributed by atoms with Crippen molar-refractivity contribution in [2.24, 2.45) is 5.73 Å². The summed E-state index contributed by atoms with van der Waals surface area (Å²) in [6, 6.07) is 2.12. The van der Waals surface area contributed by atoms with Gasteiger partial charge in [-0.05, 0) is 19.2 Å². The van der Waals surface area contributed by atoms with Crippen LogP contribution >= 0.6 is 0 Å². The number of hydrogen-bond acceptors (Lipinski definition) is 5. The molecule has 0 aliphatic rings. The molecule has 1 aromatic carbocycles. The van der Waals surface area contributed by atoms with Crippen molar-refractivity contribution in [2.45, 2.75) is 6.04 Å². The van der Waals surface area contributed by atoms with Gasteiger partial charge in [-0.25, -0.2) is 4.39 Å². The molecular weight excluding hydrogens is 245 g/mol. The molecule has 0 aliphatic heterocycles. The van der Waals surface area contributed by atoms with Gasteiger partial charge in [0.2, 0.25) is 5.91 Å². The molecule has 0 fully saturated rings. The third-order valence-corrected chi connectivity index (χ3v) is 2.22. The lowest BCUT2D eigenvalue weighted by molar-refractivity contribution is -0.386. The number of likely N-dealkylation sites (N-methyl/N-ethyl adjacent to an activating group) is 1. The molecule has 7 nitrogen and oxygen atoms in total. The van der Waals surface area contributed by atoms with Gasteiger partial charge in [-0.1, -0.05) is 0 Å². The zero-order chi connectivity index (χ0) is 13.7. The van der Waals surface area contributed by atoms with Crippen LogP contribution in [0.15, 0.2) is 18.2 Å². The summed E-state index contributed by atoms with van der Waals surface area (Å²) in [4.78, 5) is 20.8. The van der Waals surface area contributed by atoms with Gasteiger partial charge in [-0.15, -0.1) is 0 Å². The van der Waals surface area contributed by atoms with E-state index in [1.807, 2.05) is 0 Å². The highest BCUT2D eigenvalue weighted by atomic mass is 19.1. The number of nitrogens with one attached hydrogen (secondary N) is 1. The normalized spacial score (nSPS) is 11.9. The first-order valence-electron chi connectivity index (χ1n) is 4.99. The van der Waals surface area contributed by atoms with Crippen LogP contribution in [0.3, 0.4) is 0 Å². The molecular formula is C10H12FN3O4. The maximum Gasteiger partial charge on any atom is 0.313 e. The molecule has 98 valence electrons. The summed E-state index contributed by atoms with van der Waals surface area (Å²) in [6.07, 6.45) is 0. The van der Waals surface area contributed by atoms with Crippen LogP contribution in [0, 0.1) is 15.9 Å². The summed E-state index contributed by atoms with van der Waals surface area (Å²) in [5, 5.41) is 13.3. The van der Waals surface area contributed by atoms with Crippen LogP contribution in [0.5, 0.6) is 5.75 Å². The van der Waals surface area contributed by atoms with Gasteiger partial charge in [0.1, 0.15) is 18.5 Å². The van der Waals surface area contributed by atoms with Crippen LogP contribution in [-0.2, 0) is 4.79 Å². The number of nitro benzene ring substituents is 1. The molecule has 0 spiro atoms. The standard InChI is InChI=1S/C10H12FN3O4/c1-13-7(10(12)15)5-18-9-3-2-6(11)4-8(9)14(16)17/h2-4,7,13H,5H2,1H3,(H2,12,15). The number of rotatable bonds is 6. The summed E-state index contributed by atoms with van der Waals surface area (Å²) in [6.45, 7) is -0.182. The number of amides is 1. The summed E-state index contributed by atoms with van der Waals surface area (Å²) in [5.41, 5.74) is 4.55. The minimum atomic E-state index is -0.783. The first-order valence-corrected chi connectivity index (χ1v) is 4.99. The number of ether oxygens (including phenoxy) is 1. The third kappa shape index (κ3) is 3.39. The van der Waals surface area contributed by atoms with Crippen molar-refractivity contribution in [2.75, 3.05) is 13.7 Å². The lowest BCUT2D eigenvalue weighted by Crippen LogP contribution is -2.43. The Kier molecular flexibility index (Phi) is 4.55. The quantitative estimate of drug-likeness (QED) is 0.558. The number of nitrogens with two attached hydrogens (primary N) is 1. The fraction of sp³-hybridized carbons (Fsp3) is 0.300. The Bertz CT molecular complexity index is 466. The molecule has 1 amide bonds. The number of primary amides is 1. The van der Waals surface area contributed by atoms with Crippen molar-refractivity contribution < 1.29 is 18.8 Å². The van der Waals surface area contributed by atoms with E-state index in [4.69, 9.17) is 10.5 Å². The van der Waals surface area contributed by atoms with Crippen LogP contribution in [0.1, 0.15) is 0 Å². The average Bonchev–Trinajstić information content (AvgIpc) is 2.30. The zero-order valence-electron chi connectivity index (χ0n) is 9.55. The average molecular weight is 257 g/mol. The van der Waals surface area contributed by atoms with Crippen molar-refractivity contribution in [1.29, 1.82) is 0 Å². The fourth-order valence-electron chi connectivity index (χ4n) is 1.24. The fourth-order valence-corrected chi connectivity index (χ4v) is 1.24. The van der Waals surface area contributed by atoms with Crippen molar-refractivity contribution >= 4 is 11.6 Å². The second-order valence-corrected chi connectivity index (χ2v) is 3.42. The highest BCUT2D eigenvalue weighted by Gasteiger charge is 2.19. The molecule has 0 aromatic heterocycles. The first kappa shape index (κ1) is 13.8. The Balaban J connectivity index is 2.84. The second-order valence-electron chi connectivity index (χ2n) is 3.42. The number of nitro groups is 1. The Morgan fingerprint density at radius 2 is 2.33 bits per heavy atom. The summed E-state index contributed by atoms with van der Waals surface area (Å²) < 4.78 is 18.0. The monoisotopic (exact) mass is 257 g/mol. The van der Waals surface area contributed by atoms with E-state index < -0.39 is 28.4 Å². The van der Waals surface area contributed by atoms with Gasteiger partial charge in [0, 0.05) is 0 Å². The molecule has 0 bridgehead atoms. The van der Waals surface area contributed by atoms with Crippen LogP contribution in [-0.4, -0.2) is 30.5 Å². The van der Waals surface area contributed by atoms with E-state index in [1.165, 1.54) is 7.05 Å². The van der Waals surface area contributed by atoms with E-state index in [-0.39, 0.29) is 12.4 Å². The maximum atomic E-state index is 12.9. The van der Waals surface area contributed by atoms with Crippen LogP contribution in [0.2, 0.25) is 0 Å². The molecule has 0 heterocycles. The van der Waals surface area contributed by atoms with E-state index in [0.29, 0.717) is 0 Å². The molecule has 8 heteroatoms. The number of halogens is 1. The Morgan fingerprint density at radius 3 is 2.83 bits per heavy atom. The second kappa shape index (κ2) is 5.92. The maximum absolute atomic E-state index is 12.9. The molecule has 1 rings (SSSR count). The van der Waals surface area contributed by atoms with E-state index in [9.17, 15) is 19.3 Å². The summed E-state index contributed by atoms with van der Waals surface area (Å²) in [5.74, 6) is -1.51. The smallest absolute Gasteiger partial charge is 0.313 e. The van der Waals surface area contributed by atoms with E-state index in [0.717, 1.165) is 18.2 Å². The molecule has 0 aliphatic carbocycles. The van der Waals surface area contributed by atoms with E-state index in [1.54, 1.807) is 0 Å². The van der Waals surface area contributed by atoms with Gasteiger partial charge in [0.25, 0.3) is 0 Å². The van der Waals surface area contributed by atoms with E-state index >= 15 is 0 Å². The summed E-state index contributed by atoms with van der Waals surface area (Å²) >= 11 is 0. The van der Waals surface area contributed by atoms with Crippen molar-refractivity contribution in [1.82, 2.24) is 5.32 Å². The van der Waals surface area contributed by atoms with Gasteiger partial charge < -0.3 is 15.8 Å². The lowest BCUT2D eigenvalue weighted by atomic mass is 10.2. The molecule has 3 N–H and O–H groups in total. The van der Waals surface area contributed by atoms with Crippen molar-refractivity contribution in [3.05, 3.63) is 34.1 Å². The number of hydrogen-bond donors (Lipinski definition) is 2. The zero-order valence-corrected chi connectivity index (χ0v) is 9.55. The highest BCUT2D eigenvalue weighted by Crippen LogP contribution is 2.27. The van der Waals surface area contributed by atoms with Crippen molar-refractivity contribution in [3.63, 3.8) is 0 Å². The van der Waals surface area contributed by atoms with Gasteiger partial charge in [0.15, 0.2) is 5.75 Å². The van der Waals surface area contributed by atoms with E-state index in [2.05, 4.69) is 5.32 Å². The van der Waals surface area contributed by atoms with Gasteiger partial charge in [0.05, 0.1) is 11.0 Å². The number of carbonyl (C=O) groups excluding carboxylic acids is 1. The highest BCUT2D eigenvalue weighted by molar-refractivity contribution is 5.80. The van der Waals surface area contributed by atoms with Gasteiger partial charge in [-0.2, -0.15) is 0 Å². The summed E-state index contributed by atoms with van der Waals surface area (Å²) in [7, 11) is 1.50. The largest absolute Gasteiger partial charge is 0.485 e. The number of benzene rings is 1. The minimum Gasteiger partial charge on any atom is -0.485 e. The third-order valence-electron chi connectivity index (χ3n) is 2.22. The van der Waals surface area contributed by atoms with Gasteiger partial charge in [-0.3, -0.25) is 14.9 Å². The Morgan fingerprint density at radius 1 is 1.67 bits per heavy atom. The molecule has 0 saturated heterocycles. The van der Waals surface area contributed by atoms with Crippen LogP contribution < -0.4 is 15.8 Å². The first-order chi connectivity index (χ1) is 8.45. The van der Waals surface area contributed by atoms with Crippen LogP contribution in [0.25, 0.3) is 0 Å². The van der Waals surface area contributed by atoms with Gasteiger partial charge >= 0.3 is 5.69 Å². The molecule has 1 aromatic rings. The number of nitrogens with zero attached hydrogens (tertiary/aromatic N) is 1. The molecule has 18 heavy (non-hydrogen) atoms. The SMILES string of the molecule is CNC(COc1ccc(F)cc1[N+](=O)[O-])C(N)=O. The predicted octanol–water partition coefficient (Wildman–Crippen LogP) is 0.186. The Hall–Kier alpha value is -2.22. The topological polar surface area (TPSA) is 107 Å². The predicted molar refractivity (Wildman–Crippen MR) is 60.6 cm³/mol. The van der Waals surface area contributed by atoms with Crippen molar-refractivity contribution in [3.8, 4) is 5.75 Å². The Labute approximate surface area is 102 Å². The molecule has 1 unspecified atom stereocenters. The number of carbonyl (C=O) groups is 1. The van der Waals surface area contributed by atoms with Crippen LogP contribution in [0.4, 0.5) is 10.1 Å². The minimum absolute atomic E-state index is 0.122. The lowest BCUT2D eigenvalue weighted by Gasteiger charge is -2.13. The molecule has 0 radical (unpaired) electrons.